The molecule has 0 saturated carbocycles. The molecule has 0 saturated heterocycles. The van der Waals surface area contributed by atoms with Crippen LogP contribution in [0.4, 0.5) is 0 Å². The fourth-order valence-electron chi connectivity index (χ4n) is 1.13. The highest BCUT2D eigenvalue weighted by Gasteiger charge is 2.22. The van der Waals surface area contributed by atoms with Gasteiger partial charge in [-0.25, -0.2) is 0 Å². The van der Waals surface area contributed by atoms with Crippen molar-refractivity contribution in [2.45, 2.75) is 26.7 Å². The first-order valence-electron chi connectivity index (χ1n) is 4.27. The molecule has 0 heterocycles. The summed E-state index contributed by atoms with van der Waals surface area (Å²) in [5.74, 6) is -1.75. The molecule has 4 heteroatoms. The first kappa shape index (κ1) is 11.9. The van der Waals surface area contributed by atoms with Crippen LogP contribution in [0.1, 0.15) is 26.7 Å². The fourth-order valence-corrected chi connectivity index (χ4v) is 1.13. The number of hydrogen-bond donors (Lipinski definition) is 1. The van der Waals surface area contributed by atoms with Gasteiger partial charge in [-0.1, -0.05) is 13.8 Å². The normalized spacial score (nSPS) is 12.6. The van der Waals surface area contributed by atoms with E-state index in [-0.39, 0.29) is 12.3 Å². The van der Waals surface area contributed by atoms with Crippen molar-refractivity contribution in [1.29, 1.82) is 0 Å². The molecule has 0 bridgehead atoms. The Kier molecular flexibility index (Phi) is 5.11. The maximum Gasteiger partial charge on any atom is 0.307 e. The summed E-state index contributed by atoms with van der Waals surface area (Å²) in [6, 6.07) is 0. The lowest BCUT2D eigenvalue weighted by atomic mass is 9.94. The second-order valence-electron chi connectivity index (χ2n) is 3.44. The van der Waals surface area contributed by atoms with Crippen LogP contribution < -0.4 is 0 Å². The molecule has 0 amide bonds. The van der Waals surface area contributed by atoms with Gasteiger partial charge in [0.05, 0.1) is 19.4 Å². The molecule has 0 aromatic heterocycles. The van der Waals surface area contributed by atoms with Crippen LogP contribution in [-0.4, -0.2) is 24.2 Å². The van der Waals surface area contributed by atoms with Crippen LogP contribution >= 0.6 is 0 Å². The number of hydrogen-bond acceptors (Lipinski definition) is 3. The van der Waals surface area contributed by atoms with Gasteiger partial charge < -0.3 is 9.84 Å². The zero-order valence-corrected chi connectivity index (χ0v) is 8.24. The Morgan fingerprint density at radius 3 is 2.23 bits per heavy atom. The monoisotopic (exact) mass is 188 g/mol. The van der Waals surface area contributed by atoms with Gasteiger partial charge in [-0.3, -0.25) is 9.59 Å². The van der Waals surface area contributed by atoms with Crippen LogP contribution in [0.2, 0.25) is 0 Å². The largest absolute Gasteiger partial charge is 0.481 e. The van der Waals surface area contributed by atoms with Crippen LogP contribution in [0.5, 0.6) is 0 Å². The van der Waals surface area contributed by atoms with Gasteiger partial charge in [-0.15, -0.1) is 0 Å². The van der Waals surface area contributed by atoms with E-state index in [1.807, 2.05) is 13.8 Å². The first-order valence-corrected chi connectivity index (χ1v) is 4.27. The van der Waals surface area contributed by atoms with E-state index in [0.717, 1.165) is 0 Å². The Bertz CT molecular complexity index is 186. The molecule has 0 aliphatic heterocycles. The maximum absolute atomic E-state index is 10.8. The Morgan fingerprint density at radius 2 is 1.92 bits per heavy atom. The van der Waals surface area contributed by atoms with E-state index in [2.05, 4.69) is 4.74 Å². The zero-order valence-electron chi connectivity index (χ0n) is 8.24. The summed E-state index contributed by atoms with van der Waals surface area (Å²) < 4.78 is 4.41. The van der Waals surface area contributed by atoms with Gasteiger partial charge in [0.1, 0.15) is 0 Å². The summed E-state index contributed by atoms with van der Waals surface area (Å²) in [6.45, 7) is 3.85. The Morgan fingerprint density at radius 1 is 1.38 bits per heavy atom. The van der Waals surface area contributed by atoms with E-state index < -0.39 is 17.9 Å². The van der Waals surface area contributed by atoms with Crippen molar-refractivity contribution >= 4 is 11.9 Å². The smallest absolute Gasteiger partial charge is 0.307 e. The third kappa shape index (κ3) is 5.22. The topological polar surface area (TPSA) is 63.6 Å². The minimum Gasteiger partial charge on any atom is -0.481 e. The van der Waals surface area contributed by atoms with Crippen molar-refractivity contribution in [3.8, 4) is 0 Å². The van der Waals surface area contributed by atoms with Gasteiger partial charge >= 0.3 is 11.9 Å². The molecule has 1 atom stereocenters. The van der Waals surface area contributed by atoms with Gasteiger partial charge in [0.2, 0.25) is 0 Å². The molecular formula is C9H16O4. The molecule has 0 unspecified atom stereocenters. The minimum absolute atomic E-state index is 0.0377. The zero-order chi connectivity index (χ0) is 10.4. The van der Waals surface area contributed by atoms with Crippen molar-refractivity contribution in [1.82, 2.24) is 0 Å². The molecule has 1 N–H and O–H groups in total. The predicted molar refractivity (Wildman–Crippen MR) is 47.2 cm³/mol. The molecule has 0 aliphatic carbocycles. The highest BCUT2D eigenvalue weighted by atomic mass is 16.5. The lowest BCUT2D eigenvalue weighted by Crippen LogP contribution is -2.20. The van der Waals surface area contributed by atoms with E-state index in [4.69, 9.17) is 5.11 Å². The van der Waals surface area contributed by atoms with Crippen molar-refractivity contribution in [3.05, 3.63) is 0 Å². The quantitative estimate of drug-likeness (QED) is 0.660. The summed E-state index contributed by atoms with van der Waals surface area (Å²) in [4.78, 5) is 21.5. The van der Waals surface area contributed by atoms with Gasteiger partial charge in [0.25, 0.3) is 0 Å². The molecule has 0 radical (unpaired) electrons. The molecule has 13 heavy (non-hydrogen) atoms. The molecular weight excluding hydrogens is 172 g/mol. The molecule has 0 aromatic rings. The number of rotatable bonds is 5. The Balaban J connectivity index is 4.10. The van der Waals surface area contributed by atoms with E-state index in [9.17, 15) is 9.59 Å². The molecule has 4 nitrogen and oxygen atoms in total. The number of carboxylic acid groups (broad SMARTS) is 1. The highest BCUT2D eigenvalue weighted by Crippen LogP contribution is 2.16. The van der Waals surface area contributed by atoms with Gasteiger partial charge in [0.15, 0.2) is 0 Å². The summed E-state index contributed by atoms with van der Waals surface area (Å²) in [6.07, 6.45) is 0.467. The summed E-state index contributed by atoms with van der Waals surface area (Å²) >= 11 is 0. The van der Waals surface area contributed by atoms with E-state index in [0.29, 0.717) is 6.42 Å². The summed E-state index contributed by atoms with van der Waals surface area (Å²) in [5, 5.41) is 8.76. The second-order valence-corrected chi connectivity index (χ2v) is 3.44. The number of carboxylic acids is 1. The molecule has 0 spiro atoms. The molecule has 0 aromatic carbocycles. The highest BCUT2D eigenvalue weighted by molar-refractivity contribution is 5.78. The number of ether oxygens (including phenoxy) is 1. The minimum atomic E-state index is -0.931. The van der Waals surface area contributed by atoms with Crippen molar-refractivity contribution in [2.24, 2.45) is 11.8 Å². The first-order chi connectivity index (χ1) is 5.97. The van der Waals surface area contributed by atoms with Crippen molar-refractivity contribution < 1.29 is 19.4 Å². The Labute approximate surface area is 77.9 Å². The predicted octanol–water partition coefficient (Wildman–Crippen LogP) is 1.30. The third-order valence-corrected chi connectivity index (χ3v) is 1.75. The van der Waals surface area contributed by atoms with Crippen LogP contribution in [0.3, 0.4) is 0 Å². The van der Waals surface area contributed by atoms with Crippen LogP contribution in [0.15, 0.2) is 0 Å². The average Bonchev–Trinajstić information content (AvgIpc) is 2.02. The lowest BCUT2D eigenvalue weighted by Gasteiger charge is -2.12. The maximum atomic E-state index is 10.8. The molecule has 76 valence electrons. The van der Waals surface area contributed by atoms with Crippen molar-refractivity contribution in [2.75, 3.05) is 7.11 Å². The van der Waals surface area contributed by atoms with Crippen LogP contribution in [-0.2, 0) is 14.3 Å². The summed E-state index contributed by atoms with van der Waals surface area (Å²) in [7, 11) is 1.26. The number of aliphatic carboxylic acids is 1. The average molecular weight is 188 g/mol. The van der Waals surface area contributed by atoms with Gasteiger partial charge in [0, 0.05) is 0 Å². The van der Waals surface area contributed by atoms with Crippen LogP contribution in [0.25, 0.3) is 0 Å². The van der Waals surface area contributed by atoms with E-state index in [1.54, 1.807) is 0 Å². The number of methoxy groups -OCH3 is 1. The summed E-state index contributed by atoms with van der Waals surface area (Å²) in [5.41, 5.74) is 0. The fraction of sp³-hybridized carbons (Fsp3) is 0.778. The molecule has 0 rings (SSSR count). The lowest BCUT2D eigenvalue weighted by molar-refractivity contribution is -0.150. The second kappa shape index (κ2) is 5.56. The standard InChI is InChI=1S/C9H16O4/c1-6(2)4-7(9(11)12)5-8(10)13-3/h6-7H,4-5H2,1-3H3,(H,11,12)/t7-/m1/s1. The number of esters is 1. The van der Waals surface area contributed by atoms with Gasteiger partial charge in [-0.05, 0) is 12.3 Å². The molecule has 0 aliphatic rings. The van der Waals surface area contributed by atoms with Gasteiger partial charge in [-0.2, -0.15) is 0 Å². The molecule has 0 fully saturated rings. The third-order valence-electron chi connectivity index (χ3n) is 1.75. The number of carbonyl (C=O) groups excluding carboxylic acids is 1. The number of carbonyl (C=O) groups is 2. The van der Waals surface area contributed by atoms with E-state index in [1.165, 1.54) is 7.11 Å². The Hall–Kier alpha value is -1.06. The SMILES string of the molecule is COC(=O)C[C@@H](CC(C)C)C(=O)O. The van der Waals surface area contributed by atoms with E-state index >= 15 is 0 Å². The van der Waals surface area contributed by atoms with Crippen LogP contribution in [0, 0.1) is 11.8 Å². The van der Waals surface area contributed by atoms with Crippen molar-refractivity contribution in [3.63, 3.8) is 0 Å².